The molecule has 4 heteroatoms. The van der Waals surface area contributed by atoms with Crippen LogP contribution in [0.3, 0.4) is 0 Å². The molecule has 0 aromatic heterocycles. The van der Waals surface area contributed by atoms with E-state index >= 15 is 0 Å². The summed E-state index contributed by atoms with van der Waals surface area (Å²) in [5.41, 5.74) is 6.80. The third-order valence-corrected chi connectivity index (χ3v) is 3.73. The third kappa shape index (κ3) is 1.22. The normalized spacial score (nSPS) is 48.7. The first-order valence-corrected chi connectivity index (χ1v) is 4.84. The maximum Gasteiger partial charge on any atom is 0.0594 e. The molecule has 2 bridgehead atoms. The lowest BCUT2D eigenvalue weighted by molar-refractivity contribution is -0.181. The van der Waals surface area contributed by atoms with Gasteiger partial charge in [0.05, 0.1) is 13.2 Å². The molecule has 0 aromatic carbocycles. The van der Waals surface area contributed by atoms with E-state index in [0.29, 0.717) is 5.54 Å². The predicted molar refractivity (Wildman–Crippen MR) is 53.1 cm³/mol. The molecule has 4 rings (SSSR count). The molecule has 1 aliphatic heterocycles. The highest BCUT2D eigenvalue weighted by Crippen LogP contribution is 2.62. The van der Waals surface area contributed by atoms with Gasteiger partial charge in [-0.1, -0.05) is 0 Å². The van der Waals surface area contributed by atoms with Crippen LogP contribution in [0.25, 0.3) is 0 Å². The fourth-order valence-electron chi connectivity index (χ4n) is 3.18. The van der Waals surface area contributed by atoms with Crippen molar-refractivity contribution >= 4 is 12.4 Å². The van der Waals surface area contributed by atoms with Gasteiger partial charge < -0.3 is 10.5 Å². The van der Waals surface area contributed by atoms with E-state index in [2.05, 4.69) is 4.90 Å². The number of rotatable bonds is 1. The molecule has 0 amide bonds. The lowest BCUT2D eigenvalue weighted by atomic mass is 9.44. The number of nitrogens with zero attached hydrogens (tertiary/aromatic N) is 1. The number of halogens is 1. The van der Waals surface area contributed by atoms with Crippen LogP contribution in [0, 0.1) is 0 Å². The van der Waals surface area contributed by atoms with Crippen molar-refractivity contribution in [2.45, 2.75) is 30.3 Å². The highest BCUT2D eigenvalue weighted by atomic mass is 35.5. The first-order valence-electron chi connectivity index (χ1n) is 4.84. The van der Waals surface area contributed by atoms with E-state index < -0.39 is 0 Å². The van der Waals surface area contributed by atoms with Crippen molar-refractivity contribution in [1.29, 1.82) is 0 Å². The minimum Gasteiger partial charge on any atom is -0.379 e. The number of morpholine rings is 1. The number of nitrogens with two attached hydrogens (primary N) is 1. The molecule has 0 spiro atoms. The second-order valence-corrected chi connectivity index (χ2v) is 4.72. The number of hydrogen-bond donors (Lipinski definition) is 1. The SMILES string of the molecule is Cl.NC12CC(N3CCOCC3)(C1)C2. The van der Waals surface area contributed by atoms with E-state index in [0.717, 1.165) is 26.3 Å². The zero-order valence-corrected chi connectivity index (χ0v) is 8.61. The zero-order valence-electron chi connectivity index (χ0n) is 7.79. The lowest BCUT2D eigenvalue weighted by Crippen LogP contribution is -2.82. The van der Waals surface area contributed by atoms with Gasteiger partial charge in [-0.05, 0) is 19.3 Å². The topological polar surface area (TPSA) is 38.5 Å². The molecule has 76 valence electrons. The molecule has 2 N–H and O–H groups in total. The molecular weight excluding hydrogens is 188 g/mol. The minimum atomic E-state index is 0. The van der Waals surface area contributed by atoms with Crippen LogP contribution in [0.4, 0.5) is 0 Å². The smallest absolute Gasteiger partial charge is 0.0594 e. The van der Waals surface area contributed by atoms with Crippen molar-refractivity contribution in [2.24, 2.45) is 5.73 Å². The molecule has 3 nitrogen and oxygen atoms in total. The molecule has 0 aromatic rings. The van der Waals surface area contributed by atoms with Crippen molar-refractivity contribution in [3.05, 3.63) is 0 Å². The zero-order chi connectivity index (χ0) is 8.23. The van der Waals surface area contributed by atoms with Gasteiger partial charge in [-0.2, -0.15) is 0 Å². The average Bonchev–Trinajstić information content (AvgIpc) is 1.99. The second kappa shape index (κ2) is 2.83. The summed E-state index contributed by atoms with van der Waals surface area (Å²) >= 11 is 0. The highest BCUT2D eigenvalue weighted by Gasteiger charge is 2.68. The van der Waals surface area contributed by atoms with Crippen LogP contribution in [-0.2, 0) is 4.74 Å². The predicted octanol–water partition coefficient (Wildman–Crippen LogP) is 0.374. The van der Waals surface area contributed by atoms with Gasteiger partial charge in [0.25, 0.3) is 0 Å². The summed E-state index contributed by atoms with van der Waals surface area (Å²) in [6, 6.07) is 0. The van der Waals surface area contributed by atoms with E-state index in [9.17, 15) is 0 Å². The molecule has 0 atom stereocenters. The molecule has 1 heterocycles. The monoisotopic (exact) mass is 204 g/mol. The van der Waals surface area contributed by atoms with E-state index in [4.69, 9.17) is 10.5 Å². The van der Waals surface area contributed by atoms with E-state index in [1.807, 2.05) is 0 Å². The molecule has 0 radical (unpaired) electrons. The Morgan fingerprint density at radius 2 is 1.62 bits per heavy atom. The van der Waals surface area contributed by atoms with Gasteiger partial charge in [0, 0.05) is 24.2 Å². The number of ether oxygens (including phenoxy) is 1. The van der Waals surface area contributed by atoms with Gasteiger partial charge in [-0.25, -0.2) is 0 Å². The molecule has 3 aliphatic carbocycles. The standard InChI is InChI=1S/C9H16N2O.ClH/c10-8-5-9(6-8,7-8)11-1-3-12-4-2-11;/h1-7,10H2;1H. The van der Waals surface area contributed by atoms with Gasteiger partial charge in [0.2, 0.25) is 0 Å². The van der Waals surface area contributed by atoms with Crippen molar-refractivity contribution in [3.63, 3.8) is 0 Å². The van der Waals surface area contributed by atoms with Gasteiger partial charge in [-0.3, -0.25) is 4.90 Å². The van der Waals surface area contributed by atoms with Gasteiger partial charge in [0.15, 0.2) is 0 Å². The Morgan fingerprint density at radius 3 is 2.08 bits per heavy atom. The summed E-state index contributed by atoms with van der Waals surface area (Å²) < 4.78 is 5.33. The van der Waals surface area contributed by atoms with E-state index in [-0.39, 0.29) is 17.9 Å². The fourth-order valence-corrected chi connectivity index (χ4v) is 3.18. The summed E-state index contributed by atoms with van der Waals surface area (Å²) in [5, 5.41) is 0. The van der Waals surface area contributed by atoms with Gasteiger partial charge >= 0.3 is 0 Å². The summed E-state index contributed by atoms with van der Waals surface area (Å²) in [6.45, 7) is 4.07. The van der Waals surface area contributed by atoms with E-state index in [1.54, 1.807) is 0 Å². The molecule has 1 saturated heterocycles. The molecule has 0 unspecified atom stereocenters. The number of hydrogen-bond acceptors (Lipinski definition) is 3. The largest absolute Gasteiger partial charge is 0.379 e. The Bertz CT molecular complexity index is 196. The van der Waals surface area contributed by atoms with Crippen LogP contribution < -0.4 is 5.73 Å². The third-order valence-electron chi connectivity index (χ3n) is 3.73. The van der Waals surface area contributed by atoms with Crippen molar-refractivity contribution in [3.8, 4) is 0 Å². The van der Waals surface area contributed by atoms with Crippen LogP contribution in [0.5, 0.6) is 0 Å². The quantitative estimate of drug-likeness (QED) is 0.671. The van der Waals surface area contributed by atoms with Crippen LogP contribution in [0.1, 0.15) is 19.3 Å². The molecular formula is C9H17ClN2O. The van der Waals surface area contributed by atoms with E-state index in [1.165, 1.54) is 19.3 Å². The second-order valence-electron chi connectivity index (χ2n) is 4.72. The Morgan fingerprint density at radius 1 is 1.08 bits per heavy atom. The maximum atomic E-state index is 6.02. The average molecular weight is 205 g/mol. The Labute approximate surface area is 85.0 Å². The molecule has 4 fully saturated rings. The minimum absolute atomic E-state index is 0. The molecule has 13 heavy (non-hydrogen) atoms. The highest BCUT2D eigenvalue weighted by molar-refractivity contribution is 5.85. The molecule has 3 saturated carbocycles. The summed E-state index contributed by atoms with van der Waals surface area (Å²) in [6.07, 6.45) is 3.71. The van der Waals surface area contributed by atoms with Crippen LogP contribution >= 0.6 is 12.4 Å². The van der Waals surface area contributed by atoms with Crippen molar-refractivity contribution in [2.75, 3.05) is 26.3 Å². The first-order chi connectivity index (χ1) is 5.73. The lowest BCUT2D eigenvalue weighted by Gasteiger charge is -2.73. The molecule has 4 aliphatic rings. The first kappa shape index (κ1) is 9.71. The van der Waals surface area contributed by atoms with Crippen molar-refractivity contribution < 1.29 is 4.74 Å². The Balaban J connectivity index is 0.000000653. The van der Waals surface area contributed by atoms with Crippen LogP contribution in [-0.4, -0.2) is 42.3 Å². The van der Waals surface area contributed by atoms with Crippen LogP contribution in [0.2, 0.25) is 0 Å². The summed E-state index contributed by atoms with van der Waals surface area (Å²) in [4.78, 5) is 2.59. The summed E-state index contributed by atoms with van der Waals surface area (Å²) in [5.74, 6) is 0. The Hall–Kier alpha value is 0.170. The summed E-state index contributed by atoms with van der Waals surface area (Å²) in [7, 11) is 0. The van der Waals surface area contributed by atoms with Gasteiger partial charge in [-0.15, -0.1) is 12.4 Å². The Kier molecular flexibility index (Phi) is 2.11. The van der Waals surface area contributed by atoms with Crippen LogP contribution in [0.15, 0.2) is 0 Å². The van der Waals surface area contributed by atoms with Crippen molar-refractivity contribution in [1.82, 2.24) is 4.90 Å². The van der Waals surface area contributed by atoms with Gasteiger partial charge in [0.1, 0.15) is 0 Å². The fraction of sp³-hybridized carbons (Fsp3) is 1.00. The maximum absolute atomic E-state index is 6.02.